The second-order valence-electron chi connectivity index (χ2n) is 2.79. The first-order valence-corrected chi connectivity index (χ1v) is 5.09. The minimum atomic E-state index is -1.23. The first-order chi connectivity index (χ1) is 6.91. The molecule has 0 heterocycles. The van der Waals surface area contributed by atoms with Crippen LogP contribution in [-0.4, -0.2) is 17.2 Å². The summed E-state index contributed by atoms with van der Waals surface area (Å²) >= 11 is 17.1. The summed E-state index contributed by atoms with van der Waals surface area (Å²) in [5, 5.41) is 9.55. The molecule has 0 aliphatic rings. The molecule has 0 amide bonds. The number of aliphatic hydroxyl groups is 1. The van der Waals surface area contributed by atoms with Crippen LogP contribution in [0.1, 0.15) is 6.92 Å². The number of benzene rings is 1. The van der Waals surface area contributed by atoms with Gasteiger partial charge in [0.25, 0.3) is 0 Å². The van der Waals surface area contributed by atoms with E-state index in [1.165, 1.54) is 19.1 Å². The molecule has 1 aromatic rings. The van der Waals surface area contributed by atoms with Gasteiger partial charge in [0.2, 0.25) is 0 Å². The van der Waals surface area contributed by atoms with Crippen molar-refractivity contribution < 1.29 is 14.6 Å². The third-order valence-corrected chi connectivity index (χ3v) is 2.54. The fourth-order valence-electron chi connectivity index (χ4n) is 0.776. The number of halogens is 3. The summed E-state index contributed by atoms with van der Waals surface area (Å²) in [6.45, 7) is 1.29. The van der Waals surface area contributed by atoms with Gasteiger partial charge in [-0.2, -0.15) is 0 Å². The Kier molecular flexibility index (Phi) is 4.22. The lowest BCUT2D eigenvalue weighted by Gasteiger charge is -2.08. The molecule has 0 aliphatic heterocycles. The standard InChI is InChI=1S/C9H7Cl3O3/c1-4(13)9(14)15-8-3-6(11)5(10)2-7(8)12/h2-4,13H,1H3. The Morgan fingerprint density at radius 1 is 1.27 bits per heavy atom. The summed E-state index contributed by atoms with van der Waals surface area (Å²) < 4.78 is 4.78. The molecule has 0 aromatic heterocycles. The highest BCUT2D eigenvalue weighted by atomic mass is 35.5. The number of hydrogen-bond acceptors (Lipinski definition) is 3. The first-order valence-electron chi connectivity index (χ1n) is 3.96. The molecule has 0 fully saturated rings. The maximum Gasteiger partial charge on any atom is 0.340 e. The molecule has 1 unspecified atom stereocenters. The van der Waals surface area contributed by atoms with Crippen LogP contribution in [0.4, 0.5) is 0 Å². The van der Waals surface area contributed by atoms with Gasteiger partial charge in [-0.3, -0.25) is 0 Å². The molecule has 0 bridgehead atoms. The Balaban J connectivity index is 2.96. The van der Waals surface area contributed by atoms with E-state index >= 15 is 0 Å². The SMILES string of the molecule is CC(O)C(=O)Oc1cc(Cl)c(Cl)cc1Cl. The van der Waals surface area contributed by atoms with E-state index in [1.807, 2.05) is 0 Å². The Hall–Kier alpha value is -0.480. The van der Waals surface area contributed by atoms with E-state index in [0.717, 1.165) is 0 Å². The highest BCUT2D eigenvalue weighted by molar-refractivity contribution is 6.43. The van der Waals surface area contributed by atoms with E-state index in [0.29, 0.717) is 0 Å². The average molecular weight is 270 g/mol. The lowest BCUT2D eigenvalue weighted by molar-refractivity contribution is -0.142. The summed E-state index contributed by atoms with van der Waals surface area (Å²) in [7, 11) is 0. The smallest absolute Gasteiger partial charge is 0.340 e. The Morgan fingerprint density at radius 3 is 2.33 bits per heavy atom. The van der Waals surface area contributed by atoms with E-state index < -0.39 is 12.1 Å². The van der Waals surface area contributed by atoms with Crippen molar-refractivity contribution in [2.75, 3.05) is 0 Å². The quantitative estimate of drug-likeness (QED) is 0.510. The van der Waals surface area contributed by atoms with Crippen LogP contribution in [0.5, 0.6) is 5.75 Å². The zero-order valence-electron chi connectivity index (χ0n) is 7.63. The van der Waals surface area contributed by atoms with E-state index in [1.54, 1.807) is 0 Å². The summed E-state index contributed by atoms with van der Waals surface area (Å²) in [6.07, 6.45) is -1.23. The van der Waals surface area contributed by atoms with Gasteiger partial charge >= 0.3 is 5.97 Å². The fraction of sp³-hybridized carbons (Fsp3) is 0.222. The minimum Gasteiger partial charge on any atom is -0.423 e. The monoisotopic (exact) mass is 268 g/mol. The van der Waals surface area contributed by atoms with Crippen molar-refractivity contribution in [2.45, 2.75) is 13.0 Å². The molecule has 0 saturated heterocycles. The zero-order valence-corrected chi connectivity index (χ0v) is 9.90. The summed E-state index contributed by atoms with van der Waals surface area (Å²) in [5.74, 6) is -0.743. The topological polar surface area (TPSA) is 46.5 Å². The molecule has 3 nitrogen and oxygen atoms in total. The molecule has 0 aliphatic carbocycles. The number of ether oxygens (including phenoxy) is 1. The predicted molar refractivity (Wildman–Crippen MR) is 58.8 cm³/mol. The molecular weight excluding hydrogens is 262 g/mol. The van der Waals surface area contributed by atoms with E-state index in [2.05, 4.69) is 0 Å². The van der Waals surface area contributed by atoms with Crippen LogP contribution in [-0.2, 0) is 4.79 Å². The highest BCUT2D eigenvalue weighted by Gasteiger charge is 2.15. The third-order valence-electron chi connectivity index (χ3n) is 1.53. The Morgan fingerprint density at radius 2 is 1.80 bits per heavy atom. The van der Waals surface area contributed by atoms with E-state index in [4.69, 9.17) is 44.6 Å². The second kappa shape index (κ2) is 5.03. The first kappa shape index (κ1) is 12.6. The van der Waals surface area contributed by atoms with E-state index in [-0.39, 0.29) is 20.8 Å². The molecule has 0 radical (unpaired) electrons. The van der Waals surface area contributed by atoms with Gasteiger partial charge in [-0.1, -0.05) is 34.8 Å². The molecule has 15 heavy (non-hydrogen) atoms. The summed E-state index contributed by atoms with van der Waals surface area (Å²) in [5.41, 5.74) is 0. The molecule has 1 atom stereocenters. The maximum atomic E-state index is 11.1. The average Bonchev–Trinajstić information content (AvgIpc) is 2.13. The van der Waals surface area contributed by atoms with Crippen molar-refractivity contribution in [3.05, 3.63) is 27.2 Å². The number of aliphatic hydroxyl groups excluding tert-OH is 1. The molecule has 0 spiro atoms. The van der Waals surface area contributed by atoms with Crippen molar-refractivity contribution >= 4 is 40.8 Å². The van der Waals surface area contributed by atoms with Crippen molar-refractivity contribution in [3.8, 4) is 5.75 Å². The van der Waals surface area contributed by atoms with Gasteiger partial charge in [0, 0.05) is 6.07 Å². The molecule has 6 heteroatoms. The number of carbonyl (C=O) groups is 1. The Bertz CT molecular complexity index is 390. The van der Waals surface area contributed by atoms with Crippen LogP contribution in [0, 0.1) is 0 Å². The van der Waals surface area contributed by atoms with Gasteiger partial charge in [0.1, 0.15) is 6.10 Å². The predicted octanol–water partition coefficient (Wildman–Crippen LogP) is 2.93. The van der Waals surface area contributed by atoms with Crippen LogP contribution >= 0.6 is 34.8 Å². The van der Waals surface area contributed by atoms with Crippen molar-refractivity contribution in [1.29, 1.82) is 0 Å². The lowest BCUT2D eigenvalue weighted by atomic mass is 10.3. The minimum absolute atomic E-state index is 0.0666. The van der Waals surface area contributed by atoms with Crippen LogP contribution in [0.3, 0.4) is 0 Å². The molecule has 82 valence electrons. The molecule has 1 N–H and O–H groups in total. The molecular formula is C9H7Cl3O3. The van der Waals surface area contributed by atoms with Gasteiger partial charge in [-0.05, 0) is 13.0 Å². The number of carbonyl (C=O) groups excluding carboxylic acids is 1. The van der Waals surface area contributed by atoms with Gasteiger partial charge in [-0.15, -0.1) is 0 Å². The van der Waals surface area contributed by atoms with Crippen LogP contribution in [0.15, 0.2) is 12.1 Å². The van der Waals surface area contributed by atoms with Crippen molar-refractivity contribution in [2.24, 2.45) is 0 Å². The largest absolute Gasteiger partial charge is 0.423 e. The van der Waals surface area contributed by atoms with Gasteiger partial charge < -0.3 is 9.84 Å². The van der Waals surface area contributed by atoms with Gasteiger partial charge in [-0.25, -0.2) is 4.79 Å². The molecule has 1 aromatic carbocycles. The number of hydrogen-bond donors (Lipinski definition) is 1. The number of rotatable bonds is 2. The van der Waals surface area contributed by atoms with Crippen LogP contribution in [0.25, 0.3) is 0 Å². The summed E-state index contributed by atoms with van der Waals surface area (Å²) in [6, 6.07) is 2.67. The second-order valence-corrected chi connectivity index (χ2v) is 4.02. The molecule has 0 saturated carbocycles. The highest BCUT2D eigenvalue weighted by Crippen LogP contribution is 2.33. The Labute approximate surface area is 102 Å². The number of esters is 1. The third kappa shape index (κ3) is 3.24. The normalized spacial score (nSPS) is 12.3. The van der Waals surface area contributed by atoms with Crippen LogP contribution in [0.2, 0.25) is 15.1 Å². The van der Waals surface area contributed by atoms with Gasteiger partial charge in [0.05, 0.1) is 15.1 Å². The zero-order chi connectivity index (χ0) is 11.6. The van der Waals surface area contributed by atoms with Crippen molar-refractivity contribution in [1.82, 2.24) is 0 Å². The summed E-state index contributed by atoms with van der Waals surface area (Å²) in [4.78, 5) is 11.1. The fourth-order valence-corrected chi connectivity index (χ4v) is 1.35. The maximum absolute atomic E-state index is 11.1. The van der Waals surface area contributed by atoms with Crippen LogP contribution < -0.4 is 4.74 Å². The lowest BCUT2D eigenvalue weighted by Crippen LogP contribution is -2.22. The van der Waals surface area contributed by atoms with Gasteiger partial charge in [0.15, 0.2) is 5.75 Å². The van der Waals surface area contributed by atoms with E-state index in [9.17, 15) is 4.79 Å². The molecule has 1 rings (SSSR count). The van der Waals surface area contributed by atoms with Crippen molar-refractivity contribution in [3.63, 3.8) is 0 Å².